The van der Waals surface area contributed by atoms with Crippen LogP contribution in [-0.4, -0.2) is 22.4 Å². The van der Waals surface area contributed by atoms with Gasteiger partial charge in [0, 0.05) is 24.3 Å². The average Bonchev–Trinajstić information content (AvgIpc) is 2.68. The van der Waals surface area contributed by atoms with Gasteiger partial charge in [-0.25, -0.2) is 18.7 Å². The molecule has 3 aromatic rings. The van der Waals surface area contributed by atoms with Gasteiger partial charge in [-0.2, -0.15) is 0 Å². The molecule has 0 unspecified atom stereocenters. The van der Waals surface area contributed by atoms with Crippen LogP contribution >= 0.6 is 0 Å². The molecule has 0 bridgehead atoms. The molecule has 3 rings (SSSR count). The third-order valence-corrected chi connectivity index (χ3v) is 4.09. The van der Waals surface area contributed by atoms with E-state index in [4.69, 9.17) is 0 Å². The Bertz CT molecular complexity index is 961. The quantitative estimate of drug-likeness (QED) is 0.655. The van der Waals surface area contributed by atoms with Crippen molar-refractivity contribution >= 4 is 11.9 Å². The van der Waals surface area contributed by atoms with Gasteiger partial charge in [0.1, 0.15) is 17.3 Å². The molecule has 0 saturated heterocycles. The molecule has 144 valence electrons. The van der Waals surface area contributed by atoms with E-state index >= 15 is 0 Å². The summed E-state index contributed by atoms with van der Waals surface area (Å²) in [5, 5.41) is 5.74. The van der Waals surface area contributed by atoms with Crippen LogP contribution in [0.4, 0.5) is 14.7 Å². The monoisotopic (exact) mass is 382 g/mol. The third-order valence-electron chi connectivity index (χ3n) is 4.09. The number of carbonyl (C=O) groups is 1. The lowest BCUT2D eigenvalue weighted by atomic mass is 10.1. The van der Waals surface area contributed by atoms with Gasteiger partial charge in [-0.3, -0.25) is 4.79 Å². The van der Waals surface area contributed by atoms with E-state index in [1.807, 2.05) is 0 Å². The molecule has 1 heterocycles. The van der Waals surface area contributed by atoms with E-state index in [2.05, 4.69) is 20.6 Å². The fraction of sp³-hybridized carbons (Fsp3) is 0.190. The number of carbonyl (C=O) groups excluding carboxylic acids is 1. The number of hydrogen-bond acceptors (Lipinski definition) is 4. The van der Waals surface area contributed by atoms with Gasteiger partial charge < -0.3 is 10.6 Å². The number of nitrogens with zero attached hydrogens (tertiary/aromatic N) is 2. The van der Waals surface area contributed by atoms with Crippen molar-refractivity contribution in [3.63, 3.8) is 0 Å². The number of aromatic nitrogens is 2. The smallest absolute Gasteiger partial charge is 0.270 e. The van der Waals surface area contributed by atoms with Crippen LogP contribution in [0.3, 0.4) is 0 Å². The normalized spacial score (nSPS) is 10.5. The highest BCUT2D eigenvalue weighted by molar-refractivity contribution is 5.92. The van der Waals surface area contributed by atoms with Crippen LogP contribution in [-0.2, 0) is 13.0 Å². The first-order valence-corrected chi connectivity index (χ1v) is 8.87. The van der Waals surface area contributed by atoms with Crippen molar-refractivity contribution in [2.75, 3.05) is 11.9 Å². The van der Waals surface area contributed by atoms with Gasteiger partial charge >= 0.3 is 0 Å². The van der Waals surface area contributed by atoms with E-state index in [-0.39, 0.29) is 23.9 Å². The van der Waals surface area contributed by atoms with Crippen molar-refractivity contribution in [1.82, 2.24) is 15.3 Å². The van der Waals surface area contributed by atoms with Crippen LogP contribution in [0.5, 0.6) is 0 Å². The summed E-state index contributed by atoms with van der Waals surface area (Å²) in [6, 6.07) is 14.1. The standard InChI is InChI=1S/C21H20F2N4O/c1-14-12-19(20(28)25-13-16-4-2-3-5-18(16)23)27-21(26-14)24-11-10-15-6-8-17(22)9-7-15/h2-9,12H,10-11,13H2,1H3,(H,25,28)(H,24,26,27). The molecule has 7 heteroatoms. The summed E-state index contributed by atoms with van der Waals surface area (Å²) in [6.45, 7) is 2.37. The minimum atomic E-state index is -0.407. The Morgan fingerprint density at radius 1 is 1.04 bits per heavy atom. The second-order valence-electron chi connectivity index (χ2n) is 6.30. The molecule has 0 aliphatic carbocycles. The molecule has 1 aromatic heterocycles. The first-order valence-electron chi connectivity index (χ1n) is 8.87. The largest absolute Gasteiger partial charge is 0.354 e. The lowest BCUT2D eigenvalue weighted by molar-refractivity contribution is 0.0945. The Hall–Kier alpha value is -3.35. The second-order valence-corrected chi connectivity index (χ2v) is 6.30. The minimum absolute atomic E-state index is 0.0713. The Morgan fingerprint density at radius 2 is 1.79 bits per heavy atom. The molecule has 1 amide bonds. The molecule has 0 fully saturated rings. The lowest BCUT2D eigenvalue weighted by Gasteiger charge is -2.09. The SMILES string of the molecule is Cc1cc(C(=O)NCc2ccccc2F)nc(NCCc2ccc(F)cc2)n1. The highest BCUT2D eigenvalue weighted by Crippen LogP contribution is 2.09. The van der Waals surface area contributed by atoms with Crippen molar-refractivity contribution in [3.05, 3.63) is 88.7 Å². The summed E-state index contributed by atoms with van der Waals surface area (Å²) in [5.74, 6) is -0.719. The number of nitrogens with one attached hydrogen (secondary N) is 2. The molecule has 0 aliphatic heterocycles. The van der Waals surface area contributed by atoms with Crippen molar-refractivity contribution in [2.24, 2.45) is 0 Å². The van der Waals surface area contributed by atoms with Crippen LogP contribution in [0, 0.1) is 18.6 Å². The molecule has 0 aliphatic rings. The summed E-state index contributed by atoms with van der Waals surface area (Å²) in [4.78, 5) is 20.9. The van der Waals surface area contributed by atoms with E-state index in [9.17, 15) is 13.6 Å². The Balaban J connectivity index is 1.59. The first kappa shape index (κ1) is 19.4. The summed E-state index contributed by atoms with van der Waals surface area (Å²) in [5.41, 5.74) is 2.21. The second kappa shape index (κ2) is 9.03. The minimum Gasteiger partial charge on any atom is -0.354 e. The highest BCUT2D eigenvalue weighted by Gasteiger charge is 2.11. The summed E-state index contributed by atoms with van der Waals surface area (Å²) in [7, 11) is 0. The number of hydrogen-bond donors (Lipinski definition) is 2. The maximum atomic E-state index is 13.7. The fourth-order valence-electron chi connectivity index (χ4n) is 2.64. The van der Waals surface area contributed by atoms with Gasteiger partial charge in [-0.05, 0) is 43.2 Å². The van der Waals surface area contributed by atoms with E-state index < -0.39 is 5.91 Å². The van der Waals surface area contributed by atoms with Crippen LogP contribution in [0.25, 0.3) is 0 Å². The predicted octanol–water partition coefficient (Wildman–Crippen LogP) is 3.65. The molecule has 28 heavy (non-hydrogen) atoms. The first-order chi connectivity index (χ1) is 13.5. The molecule has 0 saturated carbocycles. The lowest BCUT2D eigenvalue weighted by Crippen LogP contribution is -2.25. The molecule has 5 nitrogen and oxygen atoms in total. The molecule has 0 spiro atoms. The number of aryl methyl sites for hydroxylation is 1. The Kier molecular flexibility index (Phi) is 6.26. The molecule has 0 radical (unpaired) electrons. The number of benzene rings is 2. The van der Waals surface area contributed by atoms with Crippen LogP contribution in [0.2, 0.25) is 0 Å². The van der Waals surface area contributed by atoms with Gasteiger partial charge in [0.05, 0.1) is 0 Å². The number of halogens is 2. The topological polar surface area (TPSA) is 66.9 Å². The van der Waals surface area contributed by atoms with Crippen molar-refractivity contribution in [2.45, 2.75) is 19.9 Å². The van der Waals surface area contributed by atoms with Crippen molar-refractivity contribution in [3.8, 4) is 0 Å². The number of anilines is 1. The Labute approximate surface area is 161 Å². The zero-order chi connectivity index (χ0) is 19.9. The van der Waals surface area contributed by atoms with E-state index in [1.54, 1.807) is 43.3 Å². The maximum Gasteiger partial charge on any atom is 0.270 e. The van der Waals surface area contributed by atoms with Gasteiger partial charge in [0.2, 0.25) is 5.95 Å². The highest BCUT2D eigenvalue weighted by atomic mass is 19.1. The fourth-order valence-corrected chi connectivity index (χ4v) is 2.64. The molecular formula is C21H20F2N4O. The van der Waals surface area contributed by atoms with Crippen molar-refractivity contribution in [1.29, 1.82) is 0 Å². The van der Waals surface area contributed by atoms with E-state index in [1.165, 1.54) is 18.2 Å². The van der Waals surface area contributed by atoms with Gasteiger partial charge in [-0.15, -0.1) is 0 Å². The molecule has 2 aromatic carbocycles. The van der Waals surface area contributed by atoms with Crippen molar-refractivity contribution < 1.29 is 13.6 Å². The summed E-state index contributed by atoms with van der Waals surface area (Å²) >= 11 is 0. The summed E-state index contributed by atoms with van der Waals surface area (Å²) < 4.78 is 26.6. The summed E-state index contributed by atoms with van der Waals surface area (Å²) in [6.07, 6.45) is 0.659. The molecular weight excluding hydrogens is 362 g/mol. The number of amides is 1. The van der Waals surface area contributed by atoms with E-state index in [0.717, 1.165) is 5.56 Å². The van der Waals surface area contributed by atoms with E-state index in [0.29, 0.717) is 30.2 Å². The van der Waals surface area contributed by atoms with Crippen LogP contribution in [0.1, 0.15) is 27.3 Å². The Morgan fingerprint density at radius 3 is 2.54 bits per heavy atom. The van der Waals surface area contributed by atoms with Gasteiger partial charge in [0.15, 0.2) is 0 Å². The zero-order valence-corrected chi connectivity index (χ0v) is 15.4. The van der Waals surface area contributed by atoms with Gasteiger partial charge in [0.25, 0.3) is 5.91 Å². The maximum absolute atomic E-state index is 13.7. The third kappa shape index (κ3) is 5.33. The van der Waals surface area contributed by atoms with Crippen LogP contribution < -0.4 is 10.6 Å². The molecule has 0 atom stereocenters. The number of rotatable bonds is 7. The predicted molar refractivity (Wildman–Crippen MR) is 103 cm³/mol. The molecule has 2 N–H and O–H groups in total. The average molecular weight is 382 g/mol. The van der Waals surface area contributed by atoms with Gasteiger partial charge in [-0.1, -0.05) is 30.3 Å². The van der Waals surface area contributed by atoms with Crippen LogP contribution in [0.15, 0.2) is 54.6 Å². The zero-order valence-electron chi connectivity index (χ0n) is 15.4.